The van der Waals surface area contributed by atoms with Crippen molar-refractivity contribution in [2.75, 3.05) is 46.2 Å². The van der Waals surface area contributed by atoms with Crippen molar-refractivity contribution in [1.29, 1.82) is 0 Å². The van der Waals surface area contributed by atoms with E-state index in [1.54, 1.807) is 0 Å². The normalized spacial score (nSPS) is 17.6. The van der Waals surface area contributed by atoms with Gasteiger partial charge in [0.15, 0.2) is 11.6 Å². The molecule has 222 valence electrons. The van der Waals surface area contributed by atoms with E-state index < -0.39 is 0 Å². The molecule has 0 N–H and O–H groups in total. The zero-order chi connectivity index (χ0) is 29.6. The lowest BCUT2D eigenvalue weighted by molar-refractivity contribution is -0.115. The van der Waals surface area contributed by atoms with Crippen molar-refractivity contribution in [3.05, 3.63) is 111 Å². The van der Waals surface area contributed by atoms with E-state index >= 15 is 0 Å². The maximum absolute atomic E-state index is 13.8. The molecule has 0 amide bonds. The van der Waals surface area contributed by atoms with Crippen molar-refractivity contribution in [3.63, 3.8) is 0 Å². The Morgan fingerprint density at radius 3 is 1.47 bits per heavy atom. The number of benzene rings is 3. The van der Waals surface area contributed by atoms with Gasteiger partial charge in [0.2, 0.25) is 0 Å². The number of carbonyl (C=O) groups excluding carboxylic acids is 2. The summed E-state index contributed by atoms with van der Waals surface area (Å²) in [7, 11) is 0. The Morgan fingerprint density at radius 2 is 1.00 bits per heavy atom. The van der Waals surface area contributed by atoms with Crippen molar-refractivity contribution < 1.29 is 33.3 Å². The van der Waals surface area contributed by atoms with Gasteiger partial charge in [0.1, 0.15) is 30.5 Å². The van der Waals surface area contributed by atoms with Crippen LogP contribution in [-0.4, -0.2) is 57.8 Å². The zero-order valence-corrected chi connectivity index (χ0v) is 24.5. The molecule has 0 fully saturated rings. The van der Waals surface area contributed by atoms with E-state index in [0.717, 1.165) is 39.1 Å². The summed E-state index contributed by atoms with van der Waals surface area (Å²) in [6.07, 6.45) is 4.61. The summed E-state index contributed by atoms with van der Waals surface area (Å²) in [5, 5.41) is 0. The highest BCUT2D eigenvalue weighted by Crippen LogP contribution is 2.37. The Balaban J connectivity index is 1.56. The smallest absolute Gasteiger partial charge is 0.185 e. The van der Waals surface area contributed by atoms with Crippen molar-refractivity contribution in [2.45, 2.75) is 32.6 Å². The summed E-state index contributed by atoms with van der Waals surface area (Å²) in [4.78, 5) is 26.7. The van der Waals surface area contributed by atoms with Gasteiger partial charge in [0, 0.05) is 36.8 Å². The molecular formula is C36H36O7. The molecule has 0 spiro atoms. The minimum Gasteiger partial charge on any atom is -0.493 e. The van der Waals surface area contributed by atoms with Gasteiger partial charge < -0.3 is 23.7 Å². The summed E-state index contributed by atoms with van der Waals surface area (Å²) < 4.78 is 30.6. The quantitative estimate of drug-likeness (QED) is 0.387. The molecule has 3 aromatic rings. The molecule has 1 heterocycles. The van der Waals surface area contributed by atoms with Crippen LogP contribution in [-0.2, 0) is 44.7 Å². The van der Waals surface area contributed by atoms with E-state index in [9.17, 15) is 9.59 Å². The number of ketones is 2. The van der Waals surface area contributed by atoms with Gasteiger partial charge in [-0.3, -0.25) is 9.59 Å². The van der Waals surface area contributed by atoms with Crippen LogP contribution in [0.1, 0.15) is 40.3 Å². The second-order valence-corrected chi connectivity index (χ2v) is 10.8. The molecule has 0 saturated carbocycles. The lowest BCUT2D eigenvalue weighted by atomic mass is 9.86. The fraction of sp³-hybridized carbons (Fsp3) is 0.333. The molecule has 3 aliphatic rings. The van der Waals surface area contributed by atoms with E-state index in [-0.39, 0.29) is 24.4 Å². The van der Waals surface area contributed by atoms with Crippen molar-refractivity contribution in [3.8, 4) is 17.2 Å². The largest absolute Gasteiger partial charge is 0.493 e. The summed E-state index contributed by atoms with van der Waals surface area (Å²) in [6.45, 7) is 4.86. The second-order valence-electron chi connectivity index (χ2n) is 10.8. The Kier molecular flexibility index (Phi) is 9.01. The fourth-order valence-corrected chi connectivity index (χ4v) is 5.98. The van der Waals surface area contributed by atoms with E-state index in [1.807, 2.05) is 43.3 Å². The number of rotatable bonds is 2. The molecule has 7 nitrogen and oxygen atoms in total. The standard InChI is InChI=1S/C36H36O7/c1-2-41-34-24-6-3-7-25(34)19-27-9-5-11-29-21-31-23-32(37)22-30(33(31)38)20-28-10-4-8-26(18-24)35(28)42-16-14-39-12-13-40-15-17-43-36(27)29/h3-11,22-23H,2,12-21H2,1H3. The van der Waals surface area contributed by atoms with Gasteiger partial charge in [-0.2, -0.15) is 0 Å². The molecule has 0 aromatic heterocycles. The summed E-state index contributed by atoms with van der Waals surface area (Å²) >= 11 is 0. The first-order chi connectivity index (χ1) is 21.1. The van der Waals surface area contributed by atoms with Gasteiger partial charge in [-0.15, -0.1) is 0 Å². The Hall–Kier alpha value is -4.20. The number of fused-ring (bicyclic) bond motifs is 2. The number of ether oxygens (including phenoxy) is 5. The minimum atomic E-state index is -0.188. The van der Waals surface area contributed by atoms with Crippen molar-refractivity contribution in [2.24, 2.45) is 0 Å². The second kappa shape index (κ2) is 13.4. The summed E-state index contributed by atoms with van der Waals surface area (Å²) in [6, 6.07) is 18.2. The average Bonchev–Trinajstić information content (AvgIpc) is 2.99. The molecule has 1 aliphatic heterocycles. The maximum Gasteiger partial charge on any atom is 0.185 e. The van der Waals surface area contributed by atoms with Crippen molar-refractivity contribution in [1.82, 2.24) is 0 Å². The van der Waals surface area contributed by atoms with Gasteiger partial charge in [-0.1, -0.05) is 54.6 Å². The zero-order valence-electron chi connectivity index (χ0n) is 24.5. The van der Waals surface area contributed by atoms with Crippen LogP contribution in [0, 0.1) is 0 Å². The van der Waals surface area contributed by atoms with Crippen LogP contribution in [0.25, 0.3) is 0 Å². The molecule has 0 atom stereocenters. The van der Waals surface area contributed by atoms with Crippen LogP contribution in [0.2, 0.25) is 0 Å². The van der Waals surface area contributed by atoms with Gasteiger partial charge >= 0.3 is 0 Å². The lowest BCUT2D eigenvalue weighted by Gasteiger charge is -2.22. The Morgan fingerprint density at radius 1 is 0.581 bits per heavy atom. The molecular weight excluding hydrogens is 544 g/mol. The fourth-order valence-electron chi connectivity index (χ4n) is 5.98. The highest BCUT2D eigenvalue weighted by Gasteiger charge is 2.26. The highest BCUT2D eigenvalue weighted by molar-refractivity contribution is 6.20. The predicted molar refractivity (Wildman–Crippen MR) is 162 cm³/mol. The third kappa shape index (κ3) is 6.58. The SMILES string of the molecule is CCOc1c2cccc1Cc1cccc3c1OCCOCCOCCOc1c(cccc1C2)CC1=CC(=O)C=C(C3)C1=O. The van der Waals surface area contributed by atoms with E-state index in [1.165, 1.54) is 12.2 Å². The first-order valence-electron chi connectivity index (χ1n) is 15.0. The van der Waals surface area contributed by atoms with Crippen molar-refractivity contribution >= 4 is 11.6 Å². The average molecular weight is 581 g/mol. The maximum atomic E-state index is 13.8. The first-order valence-corrected chi connectivity index (χ1v) is 15.0. The predicted octanol–water partition coefficient (Wildman–Crippen LogP) is 5.17. The van der Waals surface area contributed by atoms with Crippen LogP contribution in [0.3, 0.4) is 0 Å². The molecule has 3 aromatic carbocycles. The molecule has 7 heteroatoms. The van der Waals surface area contributed by atoms with Gasteiger partial charge in [-0.05, 0) is 52.5 Å². The molecule has 43 heavy (non-hydrogen) atoms. The van der Waals surface area contributed by atoms with Gasteiger partial charge in [0.05, 0.1) is 33.0 Å². The van der Waals surface area contributed by atoms with Crippen LogP contribution >= 0.6 is 0 Å². The number of Topliss-reactive ketones (excluding diaryl/α,β-unsaturated/α-hetero) is 1. The van der Waals surface area contributed by atoms with Crippen LogP contribution in [0.15, 0.2) is 77.9 Å². The summed E-state index contributed by atoms with van der Waals surface area (Å²) in [5.41, 5.74) is 6.64. The Labute approximate surface area is 252 Å². The molecule has 2 aliphatic carbocycles. The van der Waals surface area contributed by atoms with Gasteiger partial charge in [0.25, 0.3) is 0 Å². The highest BCUT2D eigenvalue weighted by atomic mass is 16.6. The lowest BCUT2D eigenvalue weighted by Crippen LogP contribution is -2.19. The molecule has 0 radical (unpaired) electrons. The number of carbonyl (C=O) groups is 2. The Bertz CT molecular complexity index is 1470. The van der Waals surface area contributed by atoms with Gasteiger partial charge in [-0.25, -0.2) is 0 Å². The minimum absolute atomic E-state index is 0.132. The number of para-hydroxylation sites is 3. The molecule has 0 saturated heterocycles. The molecule has 10 bridgehead atoms. The van der Waals surface area contributed by atoms with Crippen LogP contribution < -0.4 is 14.2 Å². The van der Waals surface area contributed by atoms with Crippen LogP contribution in [0.4, 0.5) is 0 Å². The molecule has 0 unspecified atom stereocenters. The first kappa shape index (κ1) is 28.9. The van der Waals surface area contributed by atoms with E-state index in [4.69, 9.17) is 23.7 Å². The topological polar surface area (TPSA) is 80.3 Å². The molecule has 6 rings (SSSR count). The van der Waals surface area contributed by atoms with Crippen LogP contribution in [0.5, 0.6) is 17.2 Å². The number of hydrogen-bond acceptors (Lipinski definition) is 7. The number of allylic oxidation sites excluding steroid dienone is 4. The third-order valence-electron chi connectivity index (χ3n) is 7.88. The van der Waals surface area contributed by atoms with E-state index in [0.29, 0.717) is 81.7 Å². The monoisotopic (exact) mass is 580 g/mol. The summed E-state index contributed by atoms with van der Waals surface area (Å²) in [5.74, 6) is 1.95. The third-order valence-corrected chi connectivity index (χ3v) is 7.88. The number of hydrogen-bond donors (Lipinski definition) is 0. The van der Waals surface area contributed by atoms with E-state index in [2.05, 4.69) is 18.2 Å².